The molecule has 0 radical (unpaired) electrons. The van der Waals surface area contributed by atoms with Crippen LogP contribution in [-0.2, 0) is 67.5 Å². The lowest BCUT2D eigenvalue weighted by molar-refractivity contribution is -0.164. The summed E-state index contributed by atoms with van der Waals surface area (Å²) in [6, 6.07) is 71.0. The van der Waals surface area contributed by atoms with E-state index in [-0.39, 0.29) is 59.6 Å². The SMILES string of the molecule is O=C(OCC1CC2c3ccccc3C1c1ccccc12)C(F)(F)S(=O)(=O)[O-].O=C(OCC1CC2c3ccccc3C1c1ccccc12)C(F)(F)S(=O)(=O)[O-].c1ccc([S+]2CCCCC2)cc1.c1ccc([S+]2c3ccccc3Cc3ccccc32)cc1. The van der Waals surface area contributed by atoms with Crippen molar-refractivity contribution in [2.75, 3.05) is 24.7 Å². The summed E-state index contributed by atoms with van der Waals surface area (Å²) in [5, 5.41) is -10.2. The van der Waals surface area contributed by atoms with Crippen molar-refractivity contribution in [1.82, 2.24) is 0 Å². The Morgan fingerprint density at radius 1 is 0.430 bits per heavy atom. The highest BCUT2D eigenvalue weighted by Crippen LogP contribution is 2.57. The van der Waals surface area contributed by atoms with Crippen molar-refractivity contribution in [1.29, 1.82) is 0 Å². The second-order valence-electron chi connectivity index (χ2n) is 22.0. The van der Waals surface area contributed by atoms with E-state index in [4.69, 9.17) is 0 Å². The Hall–Kier alpha value is -7.06. The van der Waals surface area contributed by atoms with E-state index in [1.54, 1.807) is 4.90 Å². The van der Waals surface area contributed by atoms with Gasteiger partial charge in [0.1, 0.15) is 11.5 Å². The molecule has 8 aromatic carbocycles. The van der Waals surface area contributed by atoms with E-state index in [1.807, 2.05) is 97.1 Å². The molecule has 0 aromatic heterocycles. The molecule has 2 unspecified atom stereocenters. The maximum atomic E-state index is 13.4. The second kappa shape index (κ2) is 25.3. The summed E-state index contributed by atoms with van der Waals surface area (Å²) in [7, 11) is -11.6. The van der Waals surface area contributed by atoms with Crippen molar-refractivity contribution in [3.05, 3.63) is 262 Å². The van der Waals surface area contributed by atoms with Crippen LogP contribution in [0.2, 0.25) is 0 Å². The van der Waals surface area contributed by atoms with Gasteiger partial charge in [0.25, 0.3) is 0 Å². The van der Waals surface area contributed by atoms with Gasteiger partial charge >= 0.3 is 22.4 Å². The summed E-state index contributed by atoms with van der Waals surface area (Å²) >= 11 is 0. The Bertz CT molecular complexity index is 3690. The van der Waals surface area contributed by atoms with Gasteiger partial charge in [-0.1, -0.05) is 170 Å². The quantitative estimate of drug-likeness (QED) is 0.0556. The first-order chi connectivity index (χ1) is 41.3. The van der Waals surface area contributed by atoms with E-state index in [1.165, 1.54) is 56.6 Å². The van der Waals surface area contributed by atoms with Crippen LogP contribution in [0.3, 0.4) is 0 Å². The van der Waals surface area contributed by atoms with Gasteiger partial charge in [-0.15, -0.1) is 0 Å². The Labute approximate surface area is 504 Å². The highest BCUT2D eigenvalue weighted by atomic mass is 32.2. The van der Waals surface area contributed by atoms with Crippen molar-refractivity contribution in [3.8, 4) is 0 Å². The lowest BCUT2D eigenvalue weighted by atomic mass is 9.59. The molecule has 0 amide bonds. The molecule has 8 aromatic rings. The Kier molecular flexibility index (Phi) is 17.9. The van der Waals surface area contributed by atoms with Crippen LogP contribution in [0.4, 0.5) is 17.6 Å². The molecule has 444 valence electrons. The van der Waals surface area contributed by atoms with Gasteiger partial charge in [0.2, 0.25) is 0 Å². The average Bonchev–Trinajstić information content (AvgIpc) is 0.808. The molecule has 0 N–H and O–H groups in total. The van der Waals surface area contributed by atoms with Crippen LogP contribution in [0, 0.1) is 11.8 Å². The molecule has 2 heterocycles. The van der Waals surface area contributed by atoms with Crippen LogP contribution in [0.15, 0.2) is 226 Å². The molecule has 1 saturated heterocycles. The minimum absolute atomic E-state index is 0.0421. The standard InChI is InChI=1S/2C19H16F2O5S.C19H15S.C11H15S/c2*20-19(21,27(23,24)25)18(22)26-10-11-9-16-12-5-1-3-7-14(12)17(11)15-8-4-2-6-13(15)16;1-2-10-17(11-3-1)20-18-12-6-4-8-15(18)14-16-9-5-7-13-19(16)20;1-3-7-11(8-4-1)12-9-5-2-6-10-12/h2*1-8,11,16-17H,9-10H2,(H,23,24,25);1-13H,14H2;1,3-4,7-8H,2,5-6,9-10H2/q;;2*+1/p-2. The van der Waals surface area contributed by atoms with Gasteiger partial charge in [-0.3, -0.25) is 0 Å². The van der Waals surface area contributed by atoms with Gasteiger partial charge in [-0.05, 0) is 113 Å². The topological polar surface area (TPSA) is 167 Å². The molecule has 4 bridgehead atoms. The van der Waals surface area contributed by atoms with Gasteiger partial charge in [0, 0.05) is 64.0 Å². The van der Waals surface area contributed by atoms with E-state index in [0.717, 1.165) is 50.9 Å². The molecular formula is C68H60F4O10S4. The summed E-state index contributed by atoms with van der Waals surface area (Å²) in [5.41, 5.74) is 11.8. The number of hydrogen-bond donors (Lipinski definition) is 0. The van der Waals surface area contributed by atoms with Gasteiger partial charge < -0.3 is 18.6 Å². The summed E-state index contributed by atoms with van der Waals surface area (Å²) in [6.45, 7) is -0.762. The number of esters is 2. The molecule has 1 fully saturated rings. The zero-order valence-electron chi connectivity index (χ0n) is 46.4. The maximum Gasteiger partial charge on any atom is 0.428 e. The number of rotatable bonds is 10. The van der Waals surface area contributed by atoms with Crippen LogP contribution in [0.1, 0.15) is 111 Å². The van der Waals surface area contributed by atoms with Gasteiger partial charge in [-0.25, -0.2) is 26.4 Å². The summed E-state index contributed by atoms with van der Waals surface area (Å²) in [4.78, 5) is 29.0. The van der Waals surface area contributed by atoms with Gasteiger partial charge in [0.15, 0.2) is 39.8 Å². The van der Waals surface area contributed by atoms with Crippen LogP contribution >= 0.6 is 0 Å². The fraction of sp³-hybridized carbons (Fsp3) is 0.265. The van der Waals surface area contributed by atoms with E-state index in [0.29, 0.717) is 23.7 Å². The Morgan fingerprint density at radius 2 is 0.744 bits per heavy atom. The van der Waals surface area contributed by atoms with Crippen molar-refractivity contribution in [3.63, 3.8) is 0 Å². The van der Waals surface area contributed by atoms with E-state index in [9.17, 15) is 53.1 Å². The number of fused-ring (bicyclic) bond motifs is 4. The van der Waals surface area contributed by atoms with E-state index >= 15 is 0 Å². The van der Waals surface area contributed by atoms with E-state index in [2.05, 4.69) is 119 Å². The summed E-state index contributed by atoms with van der Waals surface area (Å²) in [5.74, 6) is -2.53. The second-order valence-corrected chi connectivity index (χ2v) is 29.1. The Balaban J connectivity index is 0.000000123. The number of ether oxygens (including phenoxy) is 2. The first kappa shape index (κ1) is 60.6. The molecular weight excluding hydrogens is 1180 g/mol. The molecule has 0 saturated carbocycles. The van der Waals surface area contributed by atoms with Crippen molar-refractivity contribution in [2.24, 2.45) is 11.8 Å². The highest BCUT2D eigenvalue weighted by molar-refractivity contribution is 7.97. The lowest BCUT2D eigenvalue weighted by Gasteiger charge is -2.45. The molecule has 8 aliphatic rings. The third-order valence-electron chi connectivity index (χ3n) is 16.9. The minimum atomic E-state index is -6.12. The van der Waals surface area contributed by atoms with Crippen molar-refractivity contribution < 1.29 is 62.6 Å². The molecule has 86 heavy (non-hydrogen) atoms. The zero-order valence-corrected chi connectivity index (χ0v) is 49.7. The molecule has 16 rings (SSSR count). The molecule has 6 aliphatic carbocycles. The predicted molar refractivity (Wildman–Crippen MR) is 321 cm³/mol. The molecule has 18 heteroatoms. The maximum absolute atomic E-state index is 13.4. The number of hydrogen-bond acceptors (Lipinski definition) is 10. The lowest BCUT2D eigenvalue weighted by Crippen LogP contribution is -2.41. The average molecular weight is 1240 g/mol. The number of carbonyl (C=O) groups is 2. The largest absolute Gasteiger partial charge is 0.743 e. The van der Waals surface area contributed by atoms with Gasteiger partial charge in [-0.2, -0.15) is 17.6 Å². The third-order valence-corrected chi connectivity index (χ3v) is 23.4. The van der Waals surface area contributed by atoms with E-state index < -0.39 is 42.7 Å². The molecule has 2 aliphatic heterocycles. The van der Waals surface area contributed by atoms with Crippen LogP contribution in [-0.4, -0.2) is 73.1 Å². The van der Waals surface area contributed by atoms with Crippen LogP contribution in [0.5, 0.6) is 0 Å². The normalized spacial score (nSPS) is 20.6. The van der Waals surface area contributed by atoms with Gasteiger partial charge in [0.05, 0.1) is 24.1 Å². The number of carbonyl (C=O) groups excluding carboxylic acids is 2. The van der Waals surface area contributed by atoms with Crippen molar-refractivity contribution in [2.45, 2.75) is 92.3 Å². The highest BCUT2D eigenvalue weighted by Gasteiger charge is 2.52. The number of benzene rings is 8. The first-order valence-electron chi connectivity index (χ1n) is 28.4. The zero-order chi connectivity index (χ0) is 60.4. The van der Waals surface area contributed by atoms with Crippen LogP contribution < -0.4 is 0 Å². The summed E-state index contributed by atoms with van der Waals surface area (Å²) in [6.07, 6.45) is 6.57. The predicted octanol–water partition coefficient (Wildman–Crippen LogP) is 13.5. The molecule has 10 nitrogen and oxygen atoms in total. The fourth-order valence-corrected chi connectivity index (χ4v) is 18.4. The van der Waals surface area contributed by atoms with Crippen LogP contribution in [0.25, 0.3) is 0 Å². The number of alkyl halides is 4. The number of halogens is 4. The minimum Gasteiger partial charge on any atom is -0.743 e. The molecule has 0 spiro atoms. The first-order valence-corrected chi connectivity index (χ1v) is 34.0. The fourth-order valence-electron chi connectivity index (χ4n) is 13.1. The molecule has 2 atom stereocenters. The Morgan fingerprint density at radius 3 is 1.10 bits per heavy atom. The monoisotopic (exact) mass is 1240 g/mol. The summed E-state index contributed by atoms with van der Waals surface area (Å²) < 4.78 is 126. The third kappa shape index (κ3) is 12.2. The smallest absolute Gasteiger partial charge is 0.428 e. The van der Waals surface area contributed by atoms with Crippen molar-refractivity contribution >= 4 is 54.0 Å².